The molecule has 0 aliphatic heterocycles. The lowest BCUT2D eigenvalue weighted by molar-refractivity contribution is -0.0500. The third-order valence-corrected chi connectivity index (χ3v) is 4.39. The van der Waals surface area contributed by atoms with E-state index in [1.807, 2.05) is 0 Å². The van der Waals surface area contributed by atoms with Crippen LogP contribution in [0.1, 0.15) is 0 Å². The second-order valence-electron chi connectivity index (χ2n) is 5.24. The molecule has 27 heavy (non-hydrogen) atoms. The van der Waals surface area contributed by atoms with Gasteiger partial charge in [0.25, 0.3) is 0 Å². The molecule has 0 fully saturated rings. The maximum atomic E-state index is 12.4. The van der Waals surface area contributed by atoms with Gasteiger partial charge in [-0.15, -0.1) is 0 Å². The van der Waals surface area contributed by atoms with Gasteiger partial charge in [0.05, 0.1) is 12.6 Å². The van der Waals surface area contributed by atoms with E-state index in [1.165, 1.54) is 25.3 Å². The summed E-state index contributed by atoms with van der Waals surface area (Å²) in [5, 5.41) is 0.372. The molecule has 0 unspecified atom stereocenters. The first-order chi connectivity index (χ1) is 12.7. The number of ether oxygens (including phenoxy) is 2. The van der Waals surface area contributed by atoms with E-state index in [1.54, 1.807) is 24.3 Å². The van der Waals surface area contributed by atoms with E-state index in [9.17, 15) is 21.6 Å². The fourth-order valence-corrected chi connectivity index (χ4v) is 2.63. The quantitative estimate of drug-likeness (QED) is 0.471. The Balaban J connectivity index is 1.87. The molecule has 6 nitrogen and oxygen atoms in total. The lowest BCUT2D eigenvalue weighted by atomic mass is 10.2. The molecule has 0 aliphatic rings. The van der Waals surface area contributed by atoms with Gasteiger partial charge in [-0.05, 0) is 36.4 Å². The summed E-state index contributed by atoms with van der Waals surface area (Å²) in [5.74, 6) is 0.687. The number of benzene rings is 2. The van der Waals surface area contributed by atoms with Gasteiger partial charge in [-0.1, -0.05) is 12.1 Å². The van der Waals surface area contributed by atoms with Crippen LogP contribution < -0.4 is 13.7 Å². The van der Waals surface area contributed by atoms with Crippen LogP contribution in [0.4, 0.5) is 13.2 Å². The van der Waals surface area contributed by atoms with Gasteiger partial charge in [-0.25, -0.2) is 4.98 Å². The Morgan fingerprint density at radius 2 is 1.67 bits per heavy atom. The summed E-state index contributed by atoms with van der Waals surface area (Å²) < 4.78 is 74.3. The number of alkyl halides is 3. The summed E-state index contributed by atoms with van der Waals surface area (Å²) >= 11 is 0. The van der Waals surface area contributed by atoms with Crippen molar-refractivity contribution < 1.29 is 35.2 Å². The Bertz CT molecular complexity index is 1080. The van der Waals surface area contributed by atoms with Crippen LogP contribution in [0.5, 0.6) is 23.1 Å². The van der Waals surface area contributed by atoms with Gasteiger partial charge in [0.2, 0.25) is 5.88 Å². The number of pyridine rings is 1. The second kappa shape index (κ2) is 6.95. The monoisotopic (exact) mass is 399 g/mol. The third kappa shape index (κ3) is 4.05. The molecule has 2 aromatic carbocycles. The molecular formula is C17H12F3NO5S. The molecule has 0 atom stereocenters. The summed E-state index contributed by atoms with van der Waals surface area (Å²) in [4.78, 5) is 4.23. The fourth-order valence-electron chi connectivity index (χ4n) is 2.18. The molecule has 3 rings (SSSR count). The van der Waals surface area contributed by atoms with Crippen molar-refractivity contribution in [2.75, 3.05) is 7.11 Å². The summed E-state index contributed by atoms with van der Waals surface area (Å²) in [6.45, 7) is 0. The largest absolute Gasteiger partial charge is 0.534 e. The van der Waals surface area contributed by atoms with Gasteiger partial charge in [-0.3, -0.25) is 0 Å². The number of hydrogen-bond acceptors (Lipinski definition) is 6. The zero-order valence-corrected chi connectivity index (χ0v) is 14.5. The molecule has 0 N–H and O–H groups in total. The first kappa shape index (κ1) is 18.8. The Morgan fingerprint density at radius 3 is 2.33 bits per heavy atom. The molecule has 0 bridgehead atoms. The molecule has 0 saturated carbocycles. The number of methoxy groups -OCH3 is 1. The SMILES string of the molecule is COc1ccccc1Oc1ccc2cc(OS(=O)(=O)C(F)(F)F)ccc2n1. The molecule has 0 amide bonds. The Kier molecular flexibility index (Phi) is 4.83. The zero-order chi connectivity index (χ0) is 19.7. The highest BCUT2D eigenvalue weighted by Gasteiger charge is 2.48. The predicted octanol–water partition coefficient (Wildman–Crippen LogP) is 4.26. The van der Waals surface area contributed by atoms with E-state index in [0.29, 0.717) is 22.4 Å². The maximum absolute atomic E-state index is 12.4. The predicted molar refractivity (Wildman–Crippen MR) is 90.4 cm³/mol. The molecule has 0 spiro atoms. The first-order valence-electron chi connectivity index (χ1n) is 7.42. The topological polar surface area (TPSA) is 74.7 Å². The average Bonchev–Trinajstić information content (AvgIpc) is 2.61. The van der Waals surface area contributed by atoms with Crippen LogP contribution in [0.25, 0.3) is 10.9 Å². The molecule has 0 radical (unpaired) electrons. The fraction of sp³-hybridized carbons (Fsp3) is 0.118. The number of hydrogen-bond donors (Lipinski definition) is 0. The Morgan fingerprint density at radius 1 is 0.963 bits per heavy atom. The minimum atomic E-state index is -5.73. The van der Waals surface area contributed by atoms with Gasteiger partial charge in [0.15, 0.2) is 11.5 Å². The van der Waals surface area contributed by atoms with E-state index in [2.05, 4.69) is 9.17 Å². The van der Waals surface area contributed by atoms with Crippen LogP contribution in [0.2, 0.25) is 0 Å². The number of para-hydroxylation sites is 2. The van der Waals surface area contributed by atoms with Crippen molar-refractivity contribution in [3.8, 4) is 23.1 Å². The highest BCUT2D eigenvalue weighted by atomic mass is 32.2. The summed E-state index contributed by atoms with van der Waals surface area (Å²) in [7, 11) is -4.24. The number of aromatic nitrogens is 1. The van der Waals surface area contributed by atoms with Crippen molar-refractivity contribution in [2.24, 2.45) is 0 Å². The average molecular weight is 399 g/mol. The summed E-state index contributed by atoms with van der Waals surface area (Å²) in [6.07, 6.45) is 0. The van der Waals surface area contributed by atoms with E-state index < -0.39 is 21.4 Å². The molecule has 3 aromatic rings. The molecule has 10 heteroatoms. The smallest absolute Gasteiger partial charge is 0.493 e. The summed E-state index contributed by atoms with van der Waals surface area (Å²) in [5.41, 5.74) is -5.13. The van der Waals surface area contributed by atoms with Crippen LogP contribution in [-0.2, 0) is 10.1 Å². The van der Waals surface area contributed by atoms with Gasteiger partial charge in [0, 0.05) is 11.5 Å². The van der Waals surface area contributed by atoms with Gasteiger partial charge in [-0.2, -0.15) is 21.6 Å². The number of halogens is 3. The number of rotatable bonds is 5. The normalized spacial score (nSPS) is 12.0. The van der Waals surface area contributed by atoms with Crippen LogP contribution in [0, 0.1) is 0 Å². The van der Waals surface area contributed by atoms with Crippen molar-refractivity contribution in [3.05, 3.63) is 54.6 Å². The molecule has 1 aromatic heterocycles. The van der Waals surface area contributed by atoms with Crippen LogP contribution in [0.3, 0.4) is 0 Å². The molecular weight excluding hydrogens is 387 g/mol. The molecule has 0 aliphatic carbocycles. The molecule has 142 valence electrons. The third-order valence-electron chi connectivity index (χ3n) is 3.41. The second-order valence-corrected chi connectivity index (χ2v) is 6.78. The highest BCUT2D eigenvalue weighted by Crippen LogP contribution is 2.32. The van der Waals surface area contributed by atoms with Crippen molar-refractivity contribution in [1.82, 2.24) is 4.98 Å². The summed E-state index contributed by atoms with van der Waals surface area (Å²) in [6, 6.07) is 13.5. The van der Waals surface area contributed by atoms with Crippen molar-refractivity contribution >= 4 is 21.0 Å². The Hall–Kier alpha value is -3.01. The zero-order valence-electron chi connectivity index (χ0n) is 13.7. The van der Waals surface area contributed by atoms with Gasteiger partial charge < -0.3 is 13.7 Å². The van der Waals surface area contributed by atoms with Crippen LogP contribution >= 0.6 is 0 Å². The van der Waals surface area contributed by atoms with Crippen molar-refractivity contribution in [2.45, 2.75) is 5.51 Å². The van der Waals surface area contributed by atoms with Gasteiger partial charge >= 0.3 is 15.6 Å². The van der Waals surface area contributed by atoms with Crippen molar-refractivity contribution in [1.29, 1.82) is 0 Å². The van der Waals surface area contributed by atoms with E-state index >= 15 is 0 Å². The first-order valence-corrected chi connectivity index (χ1v) is 8.83. The standard InChI is InChI=1S/C17H12F3NO5S/c1-24-14-4-2-3-5-15(14)25-16-9-6-11-10-12(7-8-13(11)21-16)26-27(22,23)17(18,19)20/h2-10H,1H3. The minimum Gasteiger partial charge on any atom is -0.493 e. The van der Waals surface area contributed by atoms with E-state index in [-0.39, 0.29) is 5.88 Å². The highest BCUT2D eigenvalue weighted by molar-refractivity contribution is 7.88. The Labute approximate surface area is 152 Å². The maximum Gasteiger partial charge on any atom is 0.534 e. The van der Waals surface area contributed by atoms with Crippen LogP contribution in [-0.4, -0.2) is 26.0 Å². The molecule has 0 saturated heterocycles. The van der Waals surface area contributed by atoms with E-state index in [0.717, 1.165) is 12.1 Å². The lowest BCUT2D eigenvalue weighted by Gasteiger charge is -2.11. The van der Waals surface area contributed by atoms with Gasteiger partial charge in [0.1, 0.15) is 5.75 Å². The molecule has 1 heterocycles. The van der Waals surface area contributed by atoms with E-state index in [4.69, 9.17) is 9.47 Å². The van der Waals surface area contributed by atoms with Crippen LogP contribution in [0.15, 0.2) is 54.6 Å². The lowest BCUT2D eigenvalue weighted by Crippen LogP contribution is -2.28. The number of fused-ring (bicyclic) bond motifs is 1. The van der Waals surface area contributed by atoms with Crippen molar-refractivity contribution in [3.63, 3.8) is 0 Å². The number of nitrogens with zero attached hydrogens (tertiary/aromatic N) is 1. The minimum absolute atomic E-state index is 0.226.